The first kappa shape index (κ1) is 23.3. The lowest BCUT2D eigenvalue weighted by molar-refractivity contribution is -0.140. The van der Waals surface area contributed by atoms with E-state index in [-0.39, 0.29) is 24.5 Å². The second kappa shape index (κ2) is 10.8. The van der Waals surface area contributed by atoms with Gasteiger partial charge in [0.2, 0.25) is 0 Å². The Morgan fingerprint density at radius 2 is 1.72 bits per heavy atom. The third kappa shape index (κ3) is 4.94. The molecule has 2 aromatic rings. The third-order valence-corrected chi connectivity index (χ3v) is 5.14. The van der Waals surface area contributed by atoms with Crippen molar-refractivity contribution in [2.75, 3.05) is 33.5 Å². The Morgan fingerprint density at radius 1 is 1.00 bits per heavy atom. The van der Waals surface area contributed by atoms with Gasteiger partial charge in [-0.05, 0) is 43.2 Å². The molecule has 0 aliphatic carbocycles. The third-order valence-electron chi connectivity index (χ3n) is 5.14. The van der Waals surface area contributed by atoms with E-state index in [0.717, 1.165) is 6.42 Å². The van der Waals surface area contributed by atoms with Gasteiger partial charge in [-0.1, -0.05) is 31.2 Å². The van der Waals surface area contributed by atoms with E-state index < -0.39 is 17.7 Å². The minimum atomic E-state index is -0.758. The molecule has 1 fully saturated rings. The van der Waals surface area contributed by atoms with Crippen LogP contribution in [0.25, 0.3) is 5.76 Å². The molecule has 1 saturated heterocycles. The van der Waals surface area contributed by atoms with Crippen LogP contribution in [0.3, 0.4) is 0 Å². The zero-order chi connectivity index (χ0) is 23.1. The molecule has 0 aromatic heterocycles. The molecule has 1 atom stereocenters. The standard InChI is InChI=1S/C25H29NO6/c1-4-13-32-20-11-6-8-17(15-20)22-21(24(28)25(29)26(22)12-14-30-3)23(27)18-9-7-10-19(16-18)31-5-2/h6-11,15-16,22,27H,4-5,12-14H2,1-3H3/b23-21-. The van der Waals surface area contributed by atoms with Crippen molar-refractivity contribution < 1.29 is 28.9 Å². The molecule has 0 spiro atoms. The van der Waals surface area contributed by atoms with Crippen LogP contribution in [0.5, 0.6) is 11.5 Å². The monoisotopic (exact) mass is 439 g/mol. The summed E-state index contributed by atoms with van der Waals surface area (Å²) in [5.41, 5.74) is 1.12. The summed E-state index contributed by atoms with van der Waals surface area (Å²) in [4.78, 5) is 27.4. The van der Waals surface area contributed by atoms with E-state index >= 15 is 0 Å². The van der Waals surface area contributed by atoms with Gasteiger partial charge < -0.3 is 24.2 Å². The molecule has 0 radical (unpaired) electrons. The van der Waals surface area contributed by atoms with Crippen LogP contribution < -0.4 is 9.47 Å². The summed E-state index contributed by atoms with van der Waals surface area (Å²) >= 11 is 0. The number of ketones is 1. The number of rotatable bonds is 10. The minimum absolute atomic E-state index is 0.0346. The van der Waals surface area contributed by atoms with Crippen molar-refractivity contribution in [2.24, 2.45) is 0 Å². The predicted octanol–water partition coefficient (Wildman–Crippen LogP) is 3.94. The SMILES string of the molecule is CCCOc1cccc(C2/C(=C(/O)c3cccc(OCC)c3)C(=O)C(=O)N2CCOC)c1. The molecule has 0 bridgehead atoms. The van der Waals surface area contributed by atoms with Crippen molar-refractivity contribution in [1.82, 2.24) is 4.90 Å². The summed E-state index contributed by atoms with van der Waals surface area (Å²) in [6.45, 7) is 5.37. The largest absolute Gasteiger partial charge is 0.507 e. The second-order valence-electron chi connectivity index (χ2n) is 7.37. The van der Waals surface area contributed by atoms with Gasteiger partial charge in [0.05, 0.1) is 31.4 Å². The number of carbonyl (C=O) groups is 2. The molecular formula is C25H29NO6. The number of methoxy groups -OCH3 is 1. The van der Waals surface area contributed by atoms with Gasteiger partial charge in [0, 0.05) is 19.2 Å². The molecule has 7 nitrogen and oxygen atoms in total. The first-order valence-corrected chi connectivity index (χ1v) is 10.7. The fraction of sp³-hybridized carbons (Fsp3) is 0.360. The lowest BCUT2D eigenvalue weighted by Crippen LogP contribution is -2.32. The molecule has 1 aliphatic rings. The Kier molecular flexibility index (Phi) is 7.89. The van der Waals surface area contributed by atoms with Crippen LogP contribution >= 0.6 is 0 Å². The zero-order valence-corrected chi connectivity index (χ0v) is 18.7. The van der Waals surface area contributed by atoms with Gasteiger partial charge in [0.25, 0.3) is 11.7 Å². The molecule has 170 valence electrons. The fourth-order valence-electron chi connectivity index (χ4n) is 3.70. The number of Topliss-reactive ketones (excluding diaryl/α,β-unsaturated/α-hetero) is 1. The first-order chi connectivity index (χ1) is 15.5. The van der Waals surface area contributed by atoms with Crippen LogP contribution in [-0.4, -0.2) is 55.2 Å². The van der Waals surface area contributed by atoms with Crippen molar-refractivity contribution in [3.05, 3.63) is 65.2 Å². The van der Waals surface area contributed by atoms with Crippen LogP contribution in [0, 0.1) is 0 Å². The molecule has 32 heavy (non-hydrogen) atoms. The number of aliphatic hydroxyl groups is 1. The van der Waals surface area contributed by atoms with Gasteiger partial charge in [0.15, 0.2) is 0 Å². The van der Waals surface area contributed by atoms with E-state index in [4.69, 9.17) is 14.2 Å². The van der Waals surface area contributed by atoms with Gasteiger partial charge in [-0.15, -0.1) is 0 Å². The number of amides is 1. The number of carbonyl (C=O) groups excluding carboxylic acids is 2. The van der Waals surface area contributed by atoms with Gasteiger partial charge in [-0.2, -0.15) is 0 Å². The maximum absolute atomic E-state index is 13.0. The van der Waals surface area contributed by atoms with Crippen molar-refractivity contribution in [3.8, 4) is 11.5 Å². The number of hydrogen-bond donors (Lipinski definition) is 1. The number of benzene rings is 2. The van der Waals surface area contributed by atoms with Gasteiger partial charge in [0.1, 0.15) is 17.3 Å². The zero-order valence-electron chi connectivity index (χ0n) is 18.7. The topological polar surface area (TPSA) is 85.3 Å². The highest BCUT2D eigenvalue weighted by atomic mass is 16.5. The maximum Gasteiger partial charge on any atom is 0.295 e. The Hall–Kier alpha value is -3.32. The molecular weight excluding hydrogens is 410 g/mol. The van der Waals surface area contributed by atoms with Gasteiger partial charge >= 0.3 is 0 Å². The first-order valence-electron chi connectivity index (χ1n) is 10.7. The Balaban J connectivity index is 2.11. The van der Waals surface area contributed by atoms with Crippen LogP contribution in [0.4, 0.5) is 0 Å². The lowest BCUT2D eigenvalue weighted by Gasteiger charge is -2.25. The smallest absolute Gasteiger partial charge is 0.295 e. The van der Waals surface area contributed by atoms with E-state index in [0.29, 0.717) is 35.8 Å². The van der Waals surface area contributed by atoms with Crippen LogP contribution in [0.1, 0.15) is 37.4 Å². The number of hydrogen-bond acceptors (Lipinski definition) is 6. The summed E-state index contributed by atoms with van der Waals surface area (Å²) in [5, 5.41) is 11.1. The second-order valence-corrected chi connectivity index (χ2v) is 7.37. The molecule has 2 aromatic carbocycles. The number of nitrogens with zero attached hydrogens (tertiary/aromatic N) is 1. The number of likely N-dealkylation sites (tertiary alicyclic amines) is 1. The summed E-state index contributed by atoms with van der Waals surface area (Å²) in [7, 11) is 1.53. The van der Waals surface area contributed by atoms with E-state index in [1.54, 1.807) is 30.3 Å². The molecule has 1 unspecified atom stereocenters. The van der Waals surface area contributed by atoms with Crippen molar-refractivity contribution in [3.63, 3.8) is 0 Å². The molecule has 1 amide bonds. The van der Waals surface area contributed by atoms with Gasteiger partial charge in [-0.3, -0.25) is 9.59 Å². The lowest BCUT2D eigenvalue weighted by atomic mass is 9.95. The van der Waals surface area contributed by atoms with E-state index in [1.807, 2.05) is 32.0 Å². The highest BCUT2D eigenvalue weighted by Gasteiger charge is 2.46. The van der Waals surface area contributed by atoms with E-state index in [9.17, 15) is 14.7 Å². The summed E-state index contributed by atoms with van der Waals surface area (Å²) in [6.07, 6.45) is 0.854. The van der Waals surface area contributed by atoms with Crippen LogP contribution in [0.15, 0.2) is 54.1 Å². The summed E-state index contributed by atoms with van der Waals surface area (Å²) < 4.78 is 16.4. The maximum atomic E-state index is 13.0. The van der Waals surface area contributed by atoms with E-state index in [2.05, 4.69) is 0 Å². The van der Waals surface area contributed by atoms with Crippen LogP contribution in [0.2, 0.25) is 0 Å². The average molecular weight is 440 g/mol. The molecule has 3 rings (SSSR count). The molecule has 1 N–H and O–H groups in total. The number of ether oxygens (including phenoxy) is 3. The highest BCUT2D eigenvalue weighted by Crippen LogP contribution is 2.40. The summed E-state index contributed by atoms with van der Waals surface area (Å²) in [5.74, 6) is -0.439. The van der Waals surface area contributed by atoms with Crippen molar-refractivity contribution in [2.45, 2.75) is 26.3 Å². The van der Waals surface area contributed by atoms with Crippen molar-refractivity contribution in [1.29, 1.82) is 0 Å². The average Bonchev–Trinajstić information content (AvgIpc) is 3.06. The molecule has 0 saturated carbocycles. The number of aliphatic hydroxyl groups excluding tert-OH is 1. The normalized spacial score (nSPS) is 17.6. The van der Waals surface area contributed by atoms with Crippen molar-refractivity contribution >= 4 is 17.4 Å². The summed E-state index contributed by atoms with van der Waals surface area (Å²) in [6, 6.07) is 13.3. The Bertz CT molecular complexity index is 999. The molecule has 7 heteroatoms. The Morgan fingerprint density at radius 3 is 2.41 bits per heavy atom. The molecule has 1 aliphatic heterocycles. The quantitative estimate of drug-likeness (QED) is 0.343. The Labute approximate surface area is 188 Å². The highest BCUT2D eigenvalue weighted by molar-refractivity contribution is 6.46. The van der Waals surface area contributed by atoms with Crippen LogP contribution in [-0.2, 0) is 14.3 Å². The fourth-order valence-corrected chi connectivity index (χ4v) is 3.70. The minimum Gasteiger partial charge on any atom is -0.507 e. The van der Waals surface area contributed by atoms with Gasteiger partial charge in [-0.25, -0.2) is 0 Å². The molecule has 1 heterocycles. The predicted molar refractivity (Wildman–Crippen MR) is 121 cm³/mol. The van der Waals surface area contributed by atoms with E-state index in [1.165, 1.54) is 12.0 Å².